The topological polar surface area (TPSA) is 47.9 Å². The molecule has 1 radical (unpaired) electrons. The molecule has 0 unspecified atom stereocenters. The second-order valence-electron chi connectivity index (χ2n) is 9.39. The Labute approximate surface area is 178 Å². The highest BCUT2D eigenvalue weighted by molar-refractivity contribution is 6.47. The van der Waals surface area contributed by atoms with Crippen LogP contribution < -0.4 is 14.9 Å². The van der Waals surface area contributed by atoms with Crippen molar-refractivity contribution in [2.45, 2.75) is 70.7 Å². The summed E-state index contributed by atoms with van der Waals surface area (Å²) < 4.78 is 32.6. The summed E-state index contributed by atoms with van der Waals surface area (Å²) in [5, 5.41) is 10.3. The van der Waals surface area contributed by atoms with Crippen molar-refractivity contribution in [1.82, 2.24) is 0 Å². The Hall–Kier alpha value is -2.05. The van der Waals surface area contributed by atoms with Crippen molar-refractivity contribution >= 4 is 12.9 Å². The van der Waals surface area contributed by atoms with Crippen LogP contribution in [0.1, 0.15) is 69.8 Å². The third-order valence-corrected chi connectivity index (χ3v) is 6.56. The van der Waals surface area contributed by atoms with Crippen molar-refractivity contribution < 1.29 is 23.6 Å². The van der Waals surface area contributed by atoms with Gasteiger partial charge in [0.05, 0.1) is 17.8 Å². The molecule has 2 aromatic carbocycles. The third-order valence-electron chi connectivity index (χ3n) is 6.56. The quantitative estimate of drug-likeness (QED) is 0.724. The minimum atomic E-state index is -1.02. The summed E-state index contributed by atoms with van der Waals surface area (Å²) in [5.74, 6) is 1.65. The molecule has 0 amide bonds. The van der Waals surface area contributed by atoms with E-state index in [1.807, 2.05) is 32.0 Å². The van der Waals surface area contributed by atoms with Gasteiger partial charge >= 0.3 is 7.48 Å². The number of fused-ring (bicyclic) bond motifs is 2. The lowest BCUT2D eigenvalue weighted by molar-refractivity contribution is -0.0893. The predicted molar refractivity (Wildman–Crippen MR) is 115 cm³/mol. The molecule has 0 bridgehead atoms. The van der Waals surface area contributed by atoms with Crippen molar-refractivity contribution in [2.75, 3.05) is 6.61 Å². The van der Waals surface area contributed by atoms with Crippen LogP contribution in [-0.4, -0.2) is 30.4 Å². The van der Waals surface area contributed by atoms with Gasteiger partial charge in [-0.05, 0) is 63.7 Å². The summed E-state index contributed by atoms with van der Waals surface area (Å²) in [6, 6.07) is 9.05. The van der Waals surface area contributed by atoms with E-state index < -0.39 is 11.2 Å². The van der Waals surface area contributed by atoms with E-state index in [2.05, 4.69) is 6.92 Å². The van der Waals surface area contributed by atoms with E-state index in [-0.39, 0.29) is 11.9 Å². The summed E-state index contributed by atoms with van der Waals surface area (Å²) in [7, 11) is 1.63. The first-order chi connectivity index (χ1) is 14.1. The molecule has 0 spiro atoms. The first kappa shape index (κ1) is 21.2. The van der Waals surface area contributed by atoms with Gasteiger partial charge in [0.1, 0.15) is 23.4 Å². The molecule has 1 N–H and O–H groups in total. The van der Waals surface area contributed by atoms with Crippen LogP contribution in [0, 0.1) is 5.82 Å². The fourth-order valence-electron chi connectivity index (χ4n) is 3.87. The molecular weight excluding hydrogens is 382 g/mol. The Balaban J connectivity index is 1.54. The van der Waals surface area contributed by atoms with Crippen molar-refractivity contribution in [3.63, 3.8) is 0 Å². The van der Waals surface area contributed by atoms with Crippen LogP contribution in [0.15, 0.2) is 30.3 Å². The van der Waals surface area contributed by atoms with E-state index in [0.29, 0.717) is 36.7 Å². The van der Waals surface area contributed by atoms with Crippen LogP contribution >= 0.6 is 0 Å². The summed E-state index contributed by atoms with van der Waals surface area (Å²) in [6.45, 7) is 9.89. The summed E-state index contributed by atoms with van der Waals surface area (Å²) in [6.07, 6.45) is 1.04. The van der Waals surface area contributed by atoms with Crippen LogP contribution in [0.25, 0.3) is 0 Å². The molecule has 1 heterocycles. The van der Waals surface area contributed by atoms with Gasteiger partial charge in [-0.25, -0.2) is 4.39 Å². The molecular formula is C24H29BFO4. The monoisotopic (exact) mass is 411 g/mol. The molecule has 2 aliphatic rings. The Bertz CT molecular complexity index is 951. The van der Waals surface area contributed by atoms with Crippen molar-refractivity contribution in [3.8, 4) is 11.5 Å². The number of benzene rings is 2. The van der Waals surface area contributed by atoms with E-state index in [9.17, 15) is 9.50 Å². The van der Waals surface area contributed by atoms with Crippen LogP contribution in [0.2, 0.25) is 0 Å². The van der Waals surface area contributed by atoms with Gasteiger partial charge < -0.3 is 19.2 Å². The van der Waals surface area contributed by atoms with E-state index in [0.717, 1.165) is 16.8 Å². The Morgan fingerprint density at radius 2 is 1.93 bits per heavy atom. The van der Waals surface area contributed by atoms with Gasteiger partial charge in [0.25, 0.3) is 0 Å². The maximum atomic E-state index is 14.8. The van der Waals surface area contributed by atoms with Crippen LogP contribution in [0.5, 0.6) is 11.5 Å². The first-order valence-corrected chi connectivity index (χ1v) is 10.5. The molecule has 6 heteroatoms. The molecule has 2 aromatic rings. The summed E-state index contributed by atoms with van der Waals surface area (Å²) in [4.78, 5) is 0. The minimum Gasteiger partial charge on any atom is -0.493 e. The van der Waals surface area contributed by atoms with E-state index >= 15 is 0 Å². The lowest BCUT2D eigenvalue weighted by atomic mass is 9.79. The molecule has 1 aliphatic carbocycles. The minimum absolute atomic E-state index is 0.266. The van der Waals surface area contributed by atoms with Gasteiger partial charge in [0.15, 0.2) is 0 Å². The maximum Gasteiger partial charge on any atom is 0.331 e. The molecule has 0 fully saturated rings. The van der Waals surface area contributed by atoms with E-state index in [1.54, 1.807) is 27.4 Å². The van der Waals surface area contributed by atoms with Gasteiger partial charge in [0, 0.05) is 23.1 Å². The number of hydrogen-bond acceptors (Lipinski definition) is 4. The lowest BCUT2D eigenvalue weighted by Gasteiger charge is -2.37. The fourth-order valence-corrected chi connectivity index (χ4v) is 3.87. The maximum absolute atomic E-state index is 14.8. The molecule has 4 rings (SSSR count). The number of aliphatic hydroxyl groups is 1. The Morgan fingerprint density at radius 1 is 1.17 bits per heavy atom. The van der Waals surface area contributed by atoms with Gasteiger partial charge in [-0.3, -0.25) is 0 Å². The zero-order valence-electron chi connectivity index (χ0n) is 18.3. The normalized spacial score (nSPS) is 20.5. The summed E-state index contributed by atoms with van der Waals surface area (Å²) in [5.41, 5.74) is 1.68. The largest absolute Gasteiger partial charge is 0.493 e. The fraction of sp³-hybridized carbons (Fsp3) is 0.500. The highest BCUT2D eigenvalue weighted by Gasteiger charge is 2.37. The molecule has 2 atom stereocenters. The second kappa shape index (κ2) is 7.58. The molecule has 159 valence electrons. The van der Waals surface area contributed by atoms with E-state index in [4.69, 9.17) is 14.1 Å². The van der Waals surface area contributed by atoms with Crippen LogP contribution in [0.4, 0.5) is 4.39 Å². The second-order valence-corrected chi connectivity index (χ2v) is 9.39. The number of ether oxygens (including phenoxy) is 2. The molecule has 30 heavy (non-hydrogen) atoms. The van der Waals surface area contributed by atoms with Crippen molar-refractivity contribution in [3.05, 3.63) is 52.8 Å². The number of hydrogen-bond donors (Lipinski definition) is 1. The van der Waals surface area contributed by atoms with Gasteiger partial charge in [-0.1, -0.05) is 19.1 Å². The molecule has 0 saturated heterocycles. The van der Waals surface area contributed by atoms with Crippen molar-refractivity contribution in [2.24, 2.45) is 0 Å². The number of rotatable bonds is 6. The molecule has 4 nitrogen and oxygen atoms in total. The standard InChI is InChI=1S/C24H29BFO4/c1-14-13-28-21-12-15(6-7-16(14)21)29-20-11-8-17-18(9-10-19(26)22(17)20)25-30-24(4,5)23(2,3)27/h6-7,9-10,12,14,20,27H,8,11,13H2,1-5H3/t14-,20-/m1/s1. The van der Waals surface area contributed by atoms with Crippen LogP contribution in [0.3, 0.4) is 0 Å². The smallest absolute Gasteiger partial charge is 0.331 e. The van der Waals surface area contributed by atoms with Gasteiger partial charge in [0.2, 0.25) is 0 Å². The average Bonchev–Trinajstić information content (AvgIpc) is 3.25. The third kappa shape index (κ3) is 3.83. The highest BCUT2D eigenvalue weighted by atomic mass is 19.1. The zero-order valence-corrected chi connectivity index (χ0v) is 18.3. The first-order valence-electron chi connectivity index (χ1n) is 10.5. The van der Waals surface area contributed by atoms with Gasteiger partial charge in [-0.15, -0.1) is 0 Å². The molecule has 0 aromatic heterocycles. The van der Waals surface area contributed by atoms with Crippen molar-refractivity contribution in [1.29, 1.82) is 0 Å². The zero-order chi connectivity index (χ0) is 21.7. The highest BCUT2D eigenvalue weighted by Crippen LogP contribution is 2.40. The van der Waals surface area contributed by atoms with Gasteiger partial charge in [-0.2, -0.15) is 0 Å². The lowest BCUT2D eigenvalue weighted by Crippen LogP contribution is -2.49. The summed E-state index contributed by atoms with van der Waals surface area (Å²) >= 11 is 0. The van der Waals surface area contributed by atoms with Crippen LogP contribution in [-0.2, 0) is 11.1 Å². The Kier molecular flexibility index (Phi) is 5.35. The Morgan fingerprint density at radius 3 is 2.67 bits per heavy atom. The molecule has 1 aliphatic heterocycles. The number of halogens is 1. The van der Waals surface area contributed by atoms with E-state index in [1.165, 1.54) is 11.6 Å². The SMILES string of the molecule is C[C@@H]1COc2cc(O[C@@H]3CCc4c([B]OC(C)(C)C(C)(C)O)ccc(F)c43)ccc21. The predicted octanol–water partition coefficient (Wildman–Crippen LogP) is 4.20. The molecule has 0 saturated carbocycles. The average molecular weight is 411 g/mol.